The zero-order chi connectivity index (χ0) is 24.9. The predicted octanol–water partition coefficient (Wildman–Crippen LogP) is 6.45. The number of hydrogen-bond acceptors (Lipinski definition) is 5. The molecule has 0 saturated carbocycles. The van der Waals surface area contributed by atoms with Gasteiger partial charge in [-0.15, -0.1) is 0 Å². The lowest BCUT2D eigenvalue weighted by molar-refractivity contribution is 0.0923. The number of hydrazone groups is 1. The monoisotopic (exact) mass is 555 g/mol. The van der Waals surface area contributed by atoms with Gasteiger partial charge in [-0.25, -0.2) is 5.43 Å². The van der Waals surface area contributed by atoms with Crippen molar-refractivity contribution in [2.75, 3.05) is 7.11 Å². The number of rotatable bonds is 8. The molecule has 4 rings (SSSR count). The molecule has 1 N–H and O–H groups in total. The highest BCUT2D eigenvalue weighted by Crippen LogP contribution is 2.31. The number of halogens is 2. The standard InChI is InChI=1S/C26H23BrClN3O4/c1-16-4-5-17(2)31(16)20-6-8-21(9-7-20)34-15-22-10-11-24(35-22)26(32)30-29-14-18-12-19(28)13-23(27)25(18)33-3/h4-14H,15H2,1-3H3,(H,30,32)/b29-14+. The highest BCUT2D eigenvalue weighted by atomic mass is 79.9. The van der Waals surface area contributed by atoms with Crippen molar-refractivity contribution in [3.63, 3.8) is 0 Å². The van der Waals surface area contributed by atoms with Crippen LogP contribution in [0.15, 0.2) is 74.7 Å². The molecule has 0 aliphatic rings. The number of hydrogen-bond donors (Lipinski definition) is 1. The lowest BCUT2D eigenvalue weighted by Gasteiger charge is -2.10. The summed E-state index contributed by atoms with van der Waals surface area (Å²) in [5.74, 6) is 1.39. The van der Waals surface area contributed by atoms with Gasteiger partial charge in [-0.1, -0.05) is 11.6 Å². The normalized spacial score (nSPS) is 11.1. The number of furan rings is 1. The Labute approximate surface area is 216 Å². The number of carbonyl (C=O) groups is 1. The molecule has 2 aromatic heterocycles. The summed E-state index contributed by atoms with van der Waals surface area (Å²) in [4.78, 5) is 12.4. The molecular weight excluding hydrogens is 534 g/mol. The maximum absolute atomic E-state index is 12.4. The Morgan fingerprint density at radius 1 is 1.11 bits per heavy atom. The quantitative estimate of drug-likeness (QED) is 0.200. The maximum Gasteiger partial charge on any atom is 0.307 e. The molecule has 0 saturated heterocycles. The lowest BCUT2D eigenvalue weighted by atomic mass is 10.2. The molecule has 2 heterocycles. The summed E-state index contributed by atoms with van der Waals surface area (Å²) < 4.78 is 19.6. The minimum atomic E-state index is -0.491. The number of aryl methyl sites for hydroxylation is 2. The van der Waals surface area contributed by atoms with Crippen LogP contribution >= 0.6 is 27.5 Å². The molecule has 0 aliphatic heterocycles. The molecule has 35 heavy (non-hydrogen) atoms. The number of methoxy groups -OCH3 is 1. The zero-order valence-corrected chi connectivity index (χ0v) is 21.7. The van der Waals surface area contributed by atoms with Crippen LogP contribution in [0.5, 0.6) is 11.5 Å². The van der Waals surface area contributed by atoms with Gasteiger partial charge in [-0.3, -0.25) is 4.79 Å². The second kappa shape index (κ2) is 10.8. The van der Waals surface area contributed by atoms with Crippen LogP contribution < -0.4 is 14.9 Å². The fraction of sp³-hybridized carbons (Fsp3) is 0.154. The van der Waals surface area contributed by atoms with Crippen molar-refractivity contribution in [3.05, 3.63) is 98.6 Å². The van der Waals surface area contributed by atoms with E-state index in [1.165, 1.54) is 24.7 Å². The van der Waals surface area contributed by atoms with Crippen molar-refractivity contribution >= 4 is 39.7 Å². The van der Waals surface area contributed by atoms with E-state index in [1.807, 2.05) is 24.3 Å². The van der Waals surface area contributed by atoms with Crippen LogP contribution in [0.2, 0.25) is 5.02 Å². The van der Waals surface area contributed by atoms with Crippen LogP contribution in [-0.2, 0) is 6.61 Å². The summed E-state index contributed by atoms with van der Waals surface area (Å²) >= 11 is 9.46. The lowest BCUT2D eigenvalue weighted by Crippen LogP contribution is -2.16. The van der Waals surface area contributed by atoms with E-state index in [9.17, 15) is 4.79 Å². The predicted molar refractivity (Wildman–Crippen MR) is 139 cm³/mol. The van der Waals surface area contributed by atoms with Gasteiger partial charge in [0.05, 0.1) is 17.8 Å². The number of nitrogens with zero attached hydrogens (tertiary/aromatic N) is 2. The Morgan fingerprint density at radius 2 is 1.83 bits per heavy atom. The second-order valence-corrected chi connectivity index (χ2v) is 9.00. The van der Waals surface area contributed by atoms with Gasteiger partial charge < -0.3 is 18.5 Å². The van der Waals surface area contributed by atoms with Gasteiger partial charge >= 0.3 is 5.91 Å². The Hall–Kier alpha value is -3.49. The molecule has 1 amide bonds. The van der Waals surface area contributed by atoms with Crippen LogP contribution in [-0.4, -0.2) is 23.8 Å². The van der Waals surface area contributed by atoms with E-state index in [1.54, 1.807) is 24.3 Å². The Bertz CT molecular complexity index is 1360. The SMILES string of the molecule is COc1c(Br)cc(Cl)cc1/C=N/NC(=O)c1ccc(COc2ccc(-n3c(C)ccc3C)cc2)o1. The minimum absolute atomic E-state index is 0.119. The number of carbonyl (C=O) groups excluding carboxylic acids is 1. The van der Waals surface area contributed by atoms with Crippen molar-refractivity contribution in [2.45, 2.75) is 20.5 Å². The average Bonchev–Trinajstić information content (AvgIpc) is 3.44. The van der Waals surface area contributed by atoms with Gasteiger partial charge in [0.2, 0.25) is 0 Å². The van der Waals surface area contributed by atoms with E-state index in [-0.39, 0.29) is 12.4 Å². The molecule has 0 unspecified atom stereocenters. The number of nitrogens with one attached hydrogen (secondary N) is 1. The van der Waals surface area contributed by atoms with Gasteiger partial charge in [0, 0.05) is 27.7 Å². The molecule has 180 valence electrons. The van der Waals surface area contributed by atoms with E-state index in [0.29, 0.717) is 32.3 Å². The van der Waals surface area contributed by atoms with E-state index < -0.39 is 5.91 Å². The third-order valence-electron chi connectivity index (χ3n) is 5.24. The molecule has 2 aromatic carbocycles. The van der Waals surface area contributed by atoms with Crippen molar-refractivity contribution in [1.82, 2.24) is 9.99 Å². The molecule has 0 aliphatic carbocycles. The van der Waals surface area contributed by atoms with Crippen LogP contribution in [0.4, 0.5) is 0 Å². The van der Waals surface area contributed by atoms with Crippen LogP contribution in [0.3, 0.4) is 0 Å². The first kappa shape index (κ1) is 24.6. The van der Waals surface area contributed by atoms with Crippen molar-refractivity contribution in [3.8, 4) is 17.2 Å². The van der Waals surface area contributed by atoms with Gasteiger partial charge in [0.25, 0.3) is 0 Å². The molecule has 0 spiro atoms. The van der Waals surface area contributed by atoms with Crippen molar-refractivity contribution in [1.29, 1.82) is 0 Å². The summed E-state index contributed by atoms with van der Waals surface area (Å²) in [6.07, 6.45) is 1.45. The molecule has 0 radical (unpaired) electrons. The molecule has 0 atom stereocenters. The Balaban J connectivity index is 1.34. The summed E-state index contributed by atoms with van der Waals surface area (Å²) in [5, 5.41) is 4.48. The molecule has 4 aromatic rings. The largest absolute Gasteiger partial charge is 0.495 e. The molecule has 9 heteroatoms. The van der Waals surface area contributed by atoms with Crippen molar-refractivity contribution in [2.24, 2.45) is 5.10 Å². The van der Waals surface area contributed by atoms with Gasteiger partial charge in [0.15, 0.2) is 5.76 Å². The first-order valence-corrected chi connectivity index (χ1v) is 11.9. The molecule has 0 bridgehead atoms. The molecule has 7 nitrogen and oxygen atoms in total. The van der Waals surface area contributed by atoms with E-state index >= 15 is 0 Å². The van der Waals surface area contributed by atoms with Gasteiger partial charge in [-0.05, 0) is 90.4 Å². The number of amides is 1. The van der Waals surface area contributed by atoms with Gasteiger partial charge in [-0.2, -0.15) is 5.10 Å². The van der Waals surface area contributed by atoms with E-state index in [0.717, 1.165) is 5.69 Å². The van der Waals surface area contributed by atoms with E-state index in [2.05, 4.69) is 57.0 Å². The highest BCUT2D eigenvalue weighted by molar-refractivity contribution is 9.10. The van der Waals surface area contributed by atoms with Crippen LogP contribution in [0, 0.1) is 13.8 Å². The maximum atomic E-state index is 12.4. The second-order valence-electron chi connectivity index (χ2n) is 7.71. The highest BCUT2D eigenvalue weighted by Gasteiger charge is 2.12. The summed E-state index contributed by atoms with van der Waals surface area (Å²) in [6.45, 7) is 4.33. The van der Waals surface area contributed by atoms with Crippen LogP contribution in [0.1, 0.15) is 33.3 Å². The van der Waals surface area contributed by atoms with Crippen LogP contribution in [0.25, 0.3) is 5.69 Å². The summed E-state index contributed by atoms with van der Waals surface area (Å²) in [7, 11) is 1.54. The third kappa shape index (κ3) is 5.78. The van der Waals surface area contributed by atoms with Gasteiger partial charge in [0.1, 0.15) is 23.9 Å². The van der Waals surface area contributed by atoms with E-state index in [4.69, 9.17) is 25.5 Å². The van der Waals surface area contributed by atoms with Crippen molar-refractivity contribution < 1.29 is 18.7 Å². The number of ether oxygens (including phenoxy) is 2. The number of benzene rings is 2. The summed E-state index contributed by atoms with van der Waals surface area (Å²) in [6, 6.07) is 18.6. The number of aromatic nitrogens is 1. The summed E-state index contributed by atoms with van der Waals surface area (Å²) in [5.41, 5.74) is 6.44. The molecule has 0 fully saturated rings. The molecular formula is C26H23BrClN3O4. The fourth-order valence-corrected chi connectivity index (χ4v) is 4.60. The topological polar surface area (TPSA) is 78.0 Å². The Kier molecular flexibility index (Phi) is 7.63. The Morgan fingerprint density at radius 3 is 2.51 bits per heavy atom. The zero-order valence-electron chi connectivity index (χ0n) is 19.3. The third-order valence-corrected chi connectivity index (χ3v) is 6.05. The average molecular weight is 557 g/mol. The minimum Gasteiger partial charge on any atom is -0.495 e. The smallest absolute Gasteiger partial charge is 0.307 e. The first-order chi connectivity index (χ1) is 16.9. The first-order valence-electron chi connectivity index (χ1n) is 10.7. The fourth-order valence-electron chi connectivity index (χ4n) is 3.61.